The first-order chi connectivity index (χ1) is 8.93. The van der Waals surface area contributed by atoms with Crippen molar-refractivity contribution >= 4 is 0 Å². The maximum absolute atomic E-state index is 6.10. The van der Waals surface area contributed by atoms with Crippen molar-refractivity contribution in [3.05, 3.63) is 71.3 Å². The zero-order valence-corrected chi connectivity index (χ0v) is 10.5. The van der Waals surface area contributed by atoms with Gasteiger partial charge in [-0.05, 0) is 36.0 Å². The van der Waals surface area contributed by atoms with E-state index in [0.29, 0.717) is 6.61 Å². The highest BCUT2D eigenvalue weighted by Gasteiger charge is 2.19. The zero-order valence-electron chi connectivity index (χ0n) is 10.5. The molecule has 18 heavy (non-hydrogen) atoms. The number of aryl methyl sites for hydroxylation is 1. The van der Waals surface area contributed by atoms with E-state index >= 15 is 0 Å². The summed E-state index contributed by atoms with van der Waals surface area (Å²) in [5, 5.41) is 0. The van der Waals surface area contributed by atoms with Gasteiger partial charge in [-0.3, -0.25) is 0 Å². The fourth-order valence-corrected chi connectivity index (χ4v) is 2.65. The Morgan fingerprint density at radius 2 is 1.72 bits per heavy atom. The summed E-state index contributed by atoms with van der Waals surface area (Å²) in [6, 6.07) is 19.1. The SMILES string of the molecule is c1ccc(CO[C@H]2CCCc3ccccc32)cc1. The molecule has 2 aromatic carbocycles. The zero-order chi connectivity index (χ0) is 12.2. The van der Waals surface area contributed by atoms with Gasteiger partial charge in [0.1, 0.15) is 0 Å². The molecular formula is C17H18O. The highest BCUT2D eigenvalue weighted by molar-refractivity contribution is 5.31. The Bertz CT molecular complexity index is 504. The van der Waals surface area contributed by atoms with Gasteiger partial charge in [-0.25, -0.2) is 0 Å². The molecule has 1 aliphatic rings. The molecule has 0 radical (unpaired) electrons. The predicted octanol–water partition coefficient (Wildman–Crippen LogP) is 4.28. The van der Waals surface area contributed by atoms with E-state index < -0.39 is 0 Å². The van der Waals surface area contributed by atoms with Crippen LogP contribution in [0.4, 0.5) is 0 Å². The van der Waals surface area contributed by atoms with Crippen LogP contribution in [0.25, 0.3) is 0 Å². The molecule has 0 bridgehead atoms. The summed E-state index contributed by atoms with van der Waals surface area (Å²) in [5.74, 6) is 0. The fraction of sp³-hybridized carbons (Fsp3) is 0.294. The highest BCUT2D eigenvalue weighted by Crippen LogP contribution is 2.32. The second-order valence-electron chi connectivity index (χ2n) is 4.88. The third-order valence-corrected chi connectivity index (χ3v) is 3.61. The molecule has 0 saturated carbocycles. The van der Waals surface area contributed by atoms with E-state index in [9.17, 15) is 0 Å². The van der Waals surface area contributed by atoms with Gasteiger partial charge in [0.2, 0.25) is 0 Å². The van der Waals surface area contributed by atoms with Crippen molar-refractivity contribution in [2.75, 3.05) is 0 Å². The van der Waals surface area contributed by atoms with Gasteiger partial charge in [0.15, 0.2) is 0 Å². The van der Waals surface area contributed by atoms with Crippen LogP contribution in [-0.2, 0) is 17.8 Å². The van der Waals surface area contributed by atoms with Gasteiger partial charge >= 0.3 is 0 Å². The van der Waals surface area contributed by atoms with E-state index in [1.54, 1.807) is 0 Å². The minimum atomic E-state index is 0.273. The minimum absolute atomic E-state index is 0.273. The summed E-state index contributed by atoms with van der Waals surface area (Å²) in [6.45, 7) is 0.708. The van der Waals surface area contributed by atoms with Crippen LogP contribution in [0.3, 0.4) is 0 Å². The molecule has 92 valence electrons. The van der Waals surface area contributed by atoms with Gasteiger partial charge in [0, 0.05) is 0 Å². The predicted molar refractivity (Wildman–Crippen MR) is 73.4 cm³/mol. The molecule has 0 spiro atoms. The van der Waals surface area contributed by atoms with E-state index in [1.807, 2.05) is 6.07 Å². The van der Waals surface area contributed by atoms with Crippen molar-refractivity contribution < 1.29 is 4.74 Å². The van der Waals surface area contributed by atoms with E-state index in [0.717, 1.165) is 6.42 Å². The van der Waals surface area contributed by atoms with Gasteiger partial charge < -0.3 is 4.74 Å². The van der Waals surface area contributed by atoms with Crippen molar-refractivity contribution in [1.29, 1.82) is 0 Å². The molecule has 0 N–H and O–H groups in total. The molecule has 1 atom stereocenters. The molecule has 0 heterocycles. The Morgan fingerprint density at radius 3 is 2.61 bits per heavy atom. The number of benzene rings is 2. The number of fused-ring (bicyclic) bond motifs is 1. The van der Waals surface area contributed by atoms with E-state index in [-0.39, 0.29) is 6.10 Å². The molecule has 2 aromatic rings. The summed E-state index contributed by atoms with van der Waals surface area (Å²) in [5.41, 5.74) is 4.10. The monoisotopic (exact) mass is 238 g/mol. The van der Waals surface area contributed by atoms with Crippen LogP contribution < -0.4 is 0 Å². The lowest BCUT2D eigenvalue weighted by molar-refractivity contribution is 0.0283. The van der Waals surface area contributed by atoms with Gasteiger partial charge in [0.05, 0.1) is 12.7 Å². The van der Waals surface area contributed by atoms with Crippen LogP contribution in [0.5, 0.6) is 0 Å². The van der Waals surface area contributed by atoms with Crippen LogP contribution in [0.15, 0.2) is 54.6 Å². The van der Waals surface area contributed by atoms with Crippen LogP contribution in [0, 0.1) is 0 Å². The Hall–Kier alpha value is -1.60. The van der Waals surface area contributed by atoms with Crippen LogP contribution in [0.2, 0.25) is 0 Å². The summed E-state index contributed by atoms with van der Waals surface area (Å²) < 4.78 is 6.10. The van der Waals surface area contributed by atoms with E-state index in [1.165, 1.54) is 29.5 Å². The number of hydrogen-bond acceptors (Lipinski definition) is 1. The first-order valence-electron chi connectivity index (χ1n) is 6.67. The van der Waals surface area contributed by atoms with Gasteiger partial charge in [-0.2, -0.15) is 0 Å². The summed E-state index contributed by atoms with van der Waals surface area (Å²) in [4.78, 5) is 0. The molecule has 0 amide bonds. The molecule has 0 aromatic heterocycles. The van der Waals surface area contributed by atoms with Gasteiger partial charge in [-0.1, -0.05) is 54.6 Å². The summed E-state index contributed by atoms with van der Waals surface area (Å²) in [7, 11) is 0. The number of hydrogen-bond donors (Lipinski definition) is 0. The second kappa shape index (κ2) is 5.36. The van der Waals surface area contributed by atoms with Crippen molar-refractivity contribution in [2.24, 2.45) is 0 Å². The topological polar surface area (TPSA) is 9.23 Å². The van der Waals surface area contributed by atoms with Crippen molar-refractivity contribution in [2.45, 2.75) is 32.0 Å². The van der Waals surface area contributed by atoms with Gasteiger partial charge in [-0.15, -0.1) is 0 Å². The first kappa shape index (κ1) is 11.5. The Morgan fingerprint density at radius 1 is 0.944 bits per heavy atom. The standard InChI is InChI=1S/C17H18O/c1-2-7-14(8-3-1)13-18-17-12-6-10-15-9-4-5-11-16(15)17/h1-5,7-9,11,17H,6,10,12-13H2/t17-/m0/s1. The maximum atomic E-state index is 6.10. The molecule has 3 rings (SSSR count). The van der Waals surface area contributed by atoms with Crippen LogP contribution in [-0.4, -0.2) is 0 Å². The van der Waals surface area contributed by atoms with Crippen molar-refractivity contribution in [3.63, 3.8) is 0 Å². The van der Waals surface area contributed by atoms with Gasteiger partial charge in [0.25, 0.3) is 0 Å². The van der Waals surface area contributed by atoms with Crippen molar-refractivity contribution in [3.8, 4) is 0 Å². The summed E-state index contributed by atoms with van der Waals surface area (Å²) >= 11 is 0. The Labute approximate surface area is 108 Å². The quantitative estimate of drug-likeness (QED) is 0.775. The fourth-order valence-electron chi connectivity index (χ4n) is 2.65. The molecule has 1 heteroatoms. The molecule has 1 aliphatic carbocycles. The Balaban J connectivity index is 1.71. The van der Waals surface area contributed by atoms with Crippen LogP contribution in [0.1, 0.15) is 35.6 Å². The molecule has 0 fully saturated rings. The average molecular weight is 238 g/mol. The number of rotatable bonds is 3. The van der Waals surface area contributed by atoms with E-state index in [4.69, 9.17) is 4.74 Å². The highest BCUT2D eigenvalue weighted by atomic mass is 16.5. The molecular weight excluding hydrogens is 220 g/mol. The average Bonchev–Trinajstić information content (AvgIpc) is 2.46. The van der Waals surface area contributed by atoms with E-state index in [2.05, 4.69) is 48.5 Å². The summed E-state index contributed by atoms with van der Waals surface area (Å²) in [6.07, 6.45) is 3.84. The lowest BCUT2D eigenvalue weighted by Crippen LogP contribution is -2.12. The lowest BCUT2D eigenvalue weighted by Gasteiger charge is -2.25. The Kier molecular flexibility index (Phi) is 3.42. The second-order valence-corrected chi connectivity index (χ2v) is 4.88. The molecule has 0 saturated heterocycles. The number of ether oxygens (including phenoxy) is 1. The minimum Gasteiger partial charge on any atom is -0.369 e. The third kappa shape index (κ3) is 2.46. The maximum Gasteiger partial charge on any atom is 0.0832 e. The smallest absolute Gasteiger partial charge is 0.0832 e. The molecule has 0 aliphatic heterocycles. The molecule has 0 unspecified atom stereocenters. The normalized spacial score (nSPS) is 18.3. The van der Waals surface area contributed by atoms with Crippen LogP contribution >= 0.6 is 0 Å². The largest absolute Gasteiger partial charge is 0.369 e. The van der Waals surface area contributed by atoms with Crippen molar-refractivity contribution in [1.82, 2.24) is 0 Å². The lowest BCUT2D eigenvalue weighted by atomic mass is 9.89. The molecule has 1 nitrogen and oxygen atoms in total. The first-order valence-corrected chi connectivity index (χ1v) is 6.67. The third-order valence-electron chi connectivity index (χ3n) is 3.61.